The molecule has 3 rings (SSSR count). The first-order valence-corrected chi connectivity index (χ1v) is 8.41. The third kappa shape index (κ3) is 4.13. The number of ether oxygens (including phenoxy) is 2. The second-order valence-electron chi connectivity index (χ2n) is 6.58. The lowest BCUT2D eigenvalue weighted by atomic mass is 10.1. The van der Waals surface area contributed by atoms with Crippen LogP contribution in [0, 0.1) is 5.82 Å². The number of hydrogen-bond acceptors (Lipinski definition) is 5. The average molecular weight is 370 g/mol. The quantitative estimate of drug-likeness (QED) is 0.695. The van der Waals surface area contributed by atoms with E-state index in [1.54, 1.807) is 45.0 Å². The number of H-pyrrole nitrogens is 1. The Morgan fingerprint density at radius 2 is 1.81 bits per heavy atom. The number of esters is 1. The molecule has 1 aromatic heterocycles. The van der Waals surface area contributed by atoms with Gasteiger partial charge in [-0.2, -0.15) is 0 Å². The van der Waals surface area contributed by atoms with E-state index >= 15 is 0 Å². The molecule has 3 aromatic rings. The summed E-state index contributed by atoms with van der Waals surface area (Å²) in [6.45, 7) is 4.70. The smallest absolute Gasteiger partial charge is 0.350 e. The van der Waals surface area contributed by atoms with Gasteiger partial charge in [0.2, 0.25) is 0 Å². The van der Waals surface area contributed by atoms with Gasteiger partial charge in [0.15, 0.2) is 17.5 Å². The summed E-state index contributed by atoms with van der Waals surface area (Å²) < 4.78 is 24.0. The van der Waals surface area contributed by atoms with E-state index in [1.807, 2.05) is 0 Å². The van der Waals surface area contributed by atoms with Crippen molar-refractivity contribution in [2.75, 3.05) is 0 Å². The van der Waals surface area contributed by atoms with Crippen molar-refractivity contribution in [3.8, 4) is 5.75 Å². The molecule has 0 fully saturated rings. The summed E-state index contributed by atoms with van der Waals surface area (Å²) in [4.78, 5) is 31.7. The fourth-order valence-corrected chi connectivity index (χ4v) is 2.49. The first kappa shape index (κ1) is 18.6. The number of carbonyl (C=O) groups is 1. The zero-order valence-electron chi connectivity index (χ0n) is 15.2. The molecule has 0 aliphatic carbocycles. The minimum absolute atomic E-state index is 0.240. The van der Waals surface area contributed by atoms with E-state index in [1.165, 1.54) is 24.3 Å². The molecule has 0 saturated carbocycles. The van der Waals surface area contributed by atoms with Crippen LogP contribution < -0.4 is 10.3 Å². The molecule has 6 nitrogen and oxygen atoms in total. The molecule has 0 radical (unpaired) electrons. The van der Waals surface area contributed by atoms with E-state index in [0.717, 1.165) is 0 Å². The third-order valence-electron chi connectivity index (χ3n) is 3.98. The number of para-hydroxylation sites is 1. The van der Waals surface area contributed by atoms with Crippen LogP contribution in [0.5, 0.6) is 5.75 Å². The number of benzene rings is 2. The standard InChI is InChI=1S/C20H19FN2O4/c1-12(17-22-16-7-5-4-6-15(16)18(24)23-17)26-19(25)20(2,3)27-14-10-8-13(21)9-11-14/h4-12H,1-3H3,(H,22,23,24). The SMILES string of the molecule is CC(OC(=O)C(C)(C)Oc1ccc(F)cc1)c1nc2ccccc2c(=O)[nH]1. The minimum Gasteiger partial charge on any atom is -0.476 e. The van der Waals surface area contributed by atoms with E-state index in [2.05, 4.69) is 9.97 Å². The number of hydrogen-bond donors (Lipinski definition) is 1. The van der Waals surface area contributed by atoms with Gasteiger partial charge in [-0.1, -0.05) is 12.1 Å². The molecule has 7 heteroatoms. The van der Waals surface area contributed by atoms with Crippen LogP contribution in [0.4, 0.5) is 4.39 Å². The molecule has 0 aliphatic heterocycles. The predicted octanol–water partition coefficient (Wildman–Crippen LogP) is 3.52. The summed E-state index contributed by atoms with van der Waals surface area (Å²) >= 11 is 0. The van der Waals surface area contributed by atoms with Gasteiger partial charge in [0.1, 0.15) is 11.6 Å². The van der Waals surface area contributed by atoms with Crippen molar-refractivity contribution < 1.29 is 18.7 Å². The van der Waals surface area contributed by atoms with Crippen LogP contribution in [0.3, 0.4) is 0 Å². The van der Waals surface area contributed by atoms with Crippen LogP contribution in [0.2, 0.25) is 0 Å². The van der Waals surface area contributed by atoms with Gasteiger partial charge in [0.05, 0.1) is 10.9 Å². The number of halogens is 1. The van der Waals surface area contributed by atoms with Gasteiger partial charge >= 0.3 is 5.97 Å². The van der Waals surface area contributed by atoms with Crippen molar-refractivity contribution in [2.45, 2.75) is 32.5 Å². The normalized spacial score (nSPS) is 12.6. The van der Waals surface area contributed by atoms with Crippen LogP contribution in [0.25, 0.3) is 10.9 Å². The fourth-order valence-electron chi connectivity index (χ4n) is 2.49. The molecule has 1 unspecified atom stereocenters. The summed E-state index contributed by atoms with van der Waals surface area (Å²) in [6, 6.07) is 12.2. The van der Waals surface area contributed by atoms with Crippen molar-refractivity contribution in [1.82, 2.24) is 9.97 Å². The first-order chi connectivity index (χ1) is 12.8. The minimum atomic E-state index is -1.32. The molecule has 2 aromatic carbocycles. The lowest BCUT2D eigenvalue weighted by Crippen LogP contribution is -2.40. The van der Waals surface area contributed by atoms with E-state index in [4.69, 9.17) is 9.47 Å². The Kier molecular flexibility index (Phi) is 4.94. The maximum Gasteiger partial charge on any atom is 0.350 e. The summed E-state index contributed by atoms with van der Waals surface area (Å²) in [5.74, 6) is -0.467. The van der Waals surface area contributed by atoms with Crippen molar-refractivity contribution in [2.24, 2.45) is 0 Å². The van der Waals surface area contributed by atoms with Crippen LogP contribution in [0.1, 0.15) is 32.7 Å². The molecule has 0 saturated heterocycles. The average Bonchev–Trinajstić information content (AvgIpc) is 2.63. The van der Waals surface area contributed by atoms with E-state index in [9.17, 15) is 14.0 Å². The first-order valence-electron chi connectivity index (χ1n) is 8.41. The topological polar surface area (TPSA) is 81.3 Å². The van der Waals surface area contributed by atoms with Crippen molar-refractivity contribution in [1.29, 1.82) is 0 Å². The lowest BCUT2D eigenvalue weighted by molar-refractivity contribution is -0.164. The molecular weight excluding hydrogens is 351 g/mol. The highest BCUT2D eigenvalue weighted by Crippen LogP contribution is 2.23. The maximum absolute atomic E-state index is 13.0. The Bertz CT molecular complexity index is 1030. The lowest BCUT2D eigenvalue weighted by Gasteiger charge is -2.26. The fraction of sp³-hybridized carbons (Fsp3) is 0.250. The maximum atomic E-state index is 13.0. The molecule has 140 valence electrons. The van der Waals surface area contributed by atoms with E-state index in [-0.39, 0.29) is 11.4 Å². The van der Waals surface area contributed by atoms with Crippen LogP contribution in [-0.4, -0.2) is 21.5 Å². The Morgan fingerprint density at radius 3 is 2.52 bits per heavy atom. The van der Waals surface area contributed by atoms with Crippen LogP contribution >= 0.6 is 0 Å². The van der Waals surface area contributed by atoms with Crippen molar-refractivity contribution in [3.63, 3.8) is 0 Å². The van der Waals surface area contributed by atoms with Gasteiger partial charge in [-0.05, 0) is 57.2 Å². The molecule has 0 amide bonds. The van der Waals surface area contributed by atoms with E-state index < -0.39 is 23.5 Å². The van der Waals surface area contributed by atoms with Gasteiger partial charge in [-0.25, -0.2) is 14.2 Å². The Balaban J connectivity index is 1.76. The molecular formula is C20H19FN2O4. The highest BCUT2D eigenvalue weighted by Gasteiger charge is 2.34. The number of nitrogens with zero attached hydrogens (tertiary/aromatic N) is 1. The molecule has 0 aliphatic rings. The van der Waals surface area contributed by atoms with E-state index in [0.29, 0.717) is 16.7 Å². The molecule has 1 heterocycles. The van der Waals surface area contributed by atoms with Crippen LogP contribution in [0.15, 0.2) is 53.3 Å². The number of nitrogens with one attached hydrogen (secondary N) is 1. The third-order valence-corrected chi connectivity index (χ3v) is 3.98. The highest BCUT2D eigenvalue weighted by molar-refractivity contribution is 5.79. The largest absolute Gasteiger partial charge is 0.476 e. The van der Waals surface area contributed by atoms with Crippen molar-refractivity contribution >= 4 is 16.9 Å². The molecule has 1 atom stereocenters. The second-order valence-corrected chi connectivity index (χ2v) is 6.58. The zero-order chi connectivity index (χ0) is 19.6. The summed E-state index contributed by atoms with van der Waals surface area (Å²) in [5.41, 5.74) is -1.11. The second kappa shape index (κ2) is 7.19. The number of rotatable bonds is 5. The van der Waals surface area contributed by atoms with Gasteiger partial charge in [-0.15, -0.1) is 0 Å². The summed E-state index contributed by atoms with van der Waals surface area (Å²) in [5, 5.41) is 0.458. The molecule has 0 spiro atoms. The van der Waals surface area contributed by atoms with Gasteiger partial charge in [0.25, 0.3) is 5.56 Å². The monoisotopic (exact) mass is 370 g/mol. The molecule has 1 N–H and O–H groups in total. The van der Waals surface area contributed by atoms with Gasteiger partial charge in [-0.3, -0.25) is 4.79 Å². The molecule has 27 heavy (non-hydrogen) atoms. The van der Waals surface area contributed by atoms with Crippen LogP contribution in [-0.2, 0) is 9.53 Å². The number of aromatic nitrogens is 2. The zero-order valence-corrected chi connectivity index (χ0v) is 15.2. The Morgan fingerprint density at radius 1 is 1.15 bits per heavy atom. The molecule has 0 bridgehead atoms. The number of carbonyl (C=O) groups excluding carboxylic acids is 1. The van der Waals surface area contributed by atoms with Gasteiger partial charge < -0.3 is 14.5 Å². The number of aromatic amines is 1. The van der Waals surface area contributed by atoms with Crippen molar-refractivity contribution in [3.05, 3.63) is 70.5 Å². The predicted molar refractivity (Wildman–Crippen MR) is 98.0 cm³/mol. The number of fused-ring (bicyclic) bond motifs is 1. The van der Waals surface area contributed by atoms with Gasteiger partial charge in [0, 0.05) is 0 Å². The highest BCUT2D eigenvalue weighted by atomic mass is 19.1. The summed E-state index contributed by atoms with van der Waals surface area (Å²) in [7, 11) is 0. The summed E-state index contributed by atoms with van der Waals surface area (Å²) in [6.07, 6.45) is -0.786. The Labute approximate surface area is 155 Å². The Hall–Kier alpha value is -3.22.